The van der Waals surface area contributed by atoms with Gasteiger partial charge in [0.25, 0.3) is 5.91 Å². The number of hydrogen-bond donors (Lipinski definition) is 1. The summed E-state index contributed by atoms with van der Waals surface area (Å²) in [5.74, 6) is 0.719. The van der Waals surface area contributed by atoms with E-state index in [1.54, 1.807) is 37.6 Å². The van der Waals surface area contributed by atoms with Crippen molar-refractivity contribution in [3.05, 3.63) is 77.9 Å². The predicted molar refractivity (Wildman–Crippen MR) is 117 cm³/mol. The van der Waals surface area contributed by atoms with Crippen molar-refractivity contribution in [2.75, 3.05) is 26.7 Å². The van der Waals surface area contributed by atoms with Gasteiger partial charge in [-0.1, -0.05) is 24.3 Å². The van der Waals surface area contributed by atoms with E-state index in [4.69, 9.17) is 4.74 Å². The summed E-state index contributed by atoms with van der Waals surface area (Å²) in [5, 5.41) is 7.21. The predicted octanol–water partition coefficient (Wildman–Crippen LogP) is 3.66. The fourth-order valence-electron chi connectivity index (χ4n) is 3.88. The molecule has 1 aliphatic heterocycles. The first-order valence-corrected chi connectivity index (χ1v) is 10.6. The number of nitrogens with zero attached hydrogens (tertiary/aromatic N) is 3. The van der Waals surface area contributed by atoms with Crippen molar-refractivity contribution >= 4 is 5.91 Å². The molecule has 0 aliphatic carbocycles. The molecule has 0 bridgehead atoms. The van der Waals surface area contributed by atoms with Crippen molar-refractivity contribution in [1.29, 1.82) is 0 Å². The largest absolute Gasteiger partial charge is 0.497 e. The lowest BCUT2D eigenvalue weighted by Crippen LogP contribution is -2.38. The lowest BCUT2D eigenvalue weighted by Gasteiger charge is -2.32. The summed E-state index contributed by atoms with van der Waals surface area (Å²) in [7, 11) is 1.67. The van der Waals surface area contributed by atoms with E-state index in [1.807, 2.05) is 12.1 Å². The lowest BCUT2D eigenvalue weighted by atomic mass is 9.96. The van der Waals surface area contributed by atoms with Gasteiger partial charge in [0.2, 0.25) is 0 Å². The Morgan fingerprint density at radius 3 is 2.58 bits per heavy atom. The van der Waals surface area contributed by atoms with E-state index < -0.39 is 0 Å². The second-order valence-electron chi connectivity index (χ2n) is 7.87. The number of para-hydroxylation sites is 1. The maximum Gasteiger partial charge on any atom is 0.271 e. The molecule has 7 heteroatoms. The third kappa shape index (κ3) is 5.30. The molecule has 1 fully saturated rings. The highest BCUT2D eigenvalue weighted by Gasteiger charge is 2.20. The average molecular weight is 423 g/mol. The number of carbonyl (C=O) groups excluding carboxylic acids is 1. The van der Waals surface area contributed by atoms with Crippen LogP contribution >= 0.6 is 0 Å². The third-order valence-electron chi connectivity index (χ3n) is 5.74. The topological polar surface area (TPSA) is 59.4 Å². The van der Waals surface area contributed by atoms with E-state index in [2.05, 4.69) is 27.4 Å². The average Bonchev–Trinajstić information content (AvgIpc) is 3.29. The minimum Gasteiger partial charge on any atom is -0.497 e. The van der Waals surface area contributed by atoms with Gasteiger partial charge in [0.05, 0.1) is 7.11 Å². The Balaban J connectivity index is 1.23. The van der Waals surface area contributed by atoms with Crippen molar-refractivity contribution in [3.8, 4) is 11.4 Å². The number of hydrogen-bond acceptors (Lipinski definition) is 4. The molecule has 0 unspecified atom stereocenters. The molecule has 1 amide bonds. The van der Waals surface area contributed by atoms with Gasteiger partial charge in [-0.2, -0.15) is 5.10 Å². The van der Waals surface area contributed by atoms with E-state index in [0.29, 0.717) is 23.8 Å². The molecule has 0 saturated carbocycles. The molecule has 0 atom stereocenters. The van der Waals surface area contributed by atoms with E-state index in [0.717, 1.165) is 38.2 Å². The molecular weight excluding hydrogens is 395 g/mol. The number of methoxy groups -OCH3 is 1. The van der Waals surface area contributed by atoms with Gasteiger partial charge in [0, 0.05) is 19.3 Å². The second kappa shape index (κ2) is 9.75. The number of rotatable bonds is 7. The van der Waals surface area contributed by atoms with Crippen molar-refractivity contribution in [3.63, 3.8) is 0 Å². The minimum atomic E-state index is -0.376. The number of benzene rings is 2. The molecule has 4 rings (SSSR count). The first-order valence-electron chi connectivity index (χ1n) is 10.6. The summed E-state index contributed by atoms with van der Waals surface area (Å²) in [4.78, 5) is 14.9. The maximum absolute atomic E-state index is 13.9. The molecular formula is C24H27FN4O2. The fourth-order valence-corrected chi connectivity index (χ4v) is 3.88. The number of nitrogens with one attached hydrogen (secondary N) is 1. The van der Waals surface area contributed by atoms with Crippen LogP contribution in [-0.4, -0.2) is 47.3 Å². The first-order chi connectivity index (χ1) is 15.1. The van der Waals surface area contributed by atoms with Crippen LogP contribution in [0.2, 0.25) is 0 Å². The van der Waals surface area contributed by atoms with Crippen molar-refractivity contribution in [2.45, 2.75) is 19.4 Å². The van der Waals surface area contributed by atoms with Crippen LogP contribution in [0.25, 0.3) is 5.69 Å². The van der Waals surface area contributed by atoms with Crippen molar-refractivity contribution in [2.24, 2.45) is 5.92 Å². The zero-order valence-electron chi connectivity index (χ0n) is 17.6. The third-order valence-corrected chi connectivity index (χ3v) is 5.74. The van der Waals surface area contributed by atoms with Crippen molar-refractivity contribution in [1.82, 2.24) is 20.0 Å². The Kier molecular flexibility index (Phi) is 6.62. The smallest absolute Gasteiger partial charge is 0.271 e. The molecule has 3 aromatic rings. The van der Waals surface area contributed by atoms with Gasteiger partial charge in [-0.25, -0.2) is 9.07 Å². The van der Waals surface area contributed by atoms with Gasteiger partial charge >= 0.3 is 0 Å². The quantitative estimate of drug-likeness (QED) is 0.631. The summed E-state index contributed by atoms with van der Waals surface area (Å²) in [6.07, 6.45) is 3.69. The van der Waals surface area contributed by atoms with E-state index in [9.17, 15) is 9.18 Å². The van der Waals surface area contributed by atoms with E-state index in [1.165, 1.54) is 16.3 Å². The Labute approximate surface area is 181 Å². The van der Waals surface area contributed by atoms with Crippen LogP contribution in [0, 0.1) is 11.7 Å². The van der Waals surface area contributed by atoms with Gasteiger partial charge < -0.3 is 10.1 Å². The molecule has 1 saturated heterocycles. The minimum absolute atomic E-state index is 0.226. The van der Waals surface area contributed by atoms with Crippen LogP contribution < -0.4 is 10.1 Å². The second-order valence-corrected chi connectivity index (χ2v) is 7.87. The number of ether oxygens (including phenoxy) is 1. The molecule has 6 nitrogen and oxygen atoms in total. The van der Waals surface area contributed by atoms with Gasteiger partial charge in [-0.05, 0) is 67.7 Å². The summed E-state index contributed by atoms with van der Waals surface area (Å²) < 4.78 is 20.5. The van der Waals surface area contributed by atoms with Crippen LogP contribution in [-0.2, 0) is 6.54 Å². The van der Waals surface area contributed by atoms with Crippen molar-refractivity contribution < 1.29 is 13.9 Å². The number of halogens is 1. The van der Waals surface area contributed by atoms with Gasteiger partial charge in [-0.15, -0.1) is 0 Å². The molecule has 1 N–H and O–H groups in total. The highest BCUT2D eigenvalue weighted by Crippen LogP contribution is 2.20. The van der Waals surface area contributed by atoms with Crippen LogP contribution in [0.3, 0.4) is 0 Å². The van der Waals surface area contributed by atoms with Crippen LogP contribution in [0.1, 0.15) is 28.9 Å². The number of amides is 1. The van der Waals surface area contributed by atoms with E-state index in [-0.39, 0.29) is 11.7 Å². The highest BCUT2D eigenvalue weighted by atomic mass is 19.1. The lowest BCUT2D eigenvalue weighted by molar-refractivity contribution is 0.0930. The molecule has 0 spiro atoms. The fraction of sp³-hybridized carbons (Fsp3) is 0.333. The van der Waals surface area contributed by atoms with Gasteiger partial charge in [-0.3, -0.25) is 9.69 Å². The SMILES string of the molecule is COc1ccc(CN2CCC(CNC(=O)c3ccn(-c4ccccc4F)n3)CC2)cc1. The van der Waals surface area contributed by atoms with Crippen LogP contribution in [0.15, 0.2) is 60.8 Å². The molecule has 1 aromatic heterocycles. The molecule has 1 aliphatic rings. The molecule has 0 radical (unpaired) electrons. The molecule has 2 heterocycles. The Morgan fingerprint density at radius 1 is 1.13 bits per heavy atom. The zero-order valence-corrected chi connectivity index (χ0v) is 17.6. The number of likely N-dealkylation sites (tertiary alicyclic amines) is 1. The standard InChI is InChI=1S/C24H27FN4O2/c1-31-20-8-6-19(7-9-20)17-28-13-10-18(11-14-28)16-26-24(30)22-12-15-29(27-22)23-5-3-2-4-21(23)25/h2-9,12,15,18H,10-11,13-14,16-17H2,1H3,(H,26,30). The number of carbonyl (C=O) groups is 1. The number of piperidine rings is 1. The summed E-state index contributed by atoms with van der Waals surface area (Å²) in [6.45, 7) is 3.57. The van der Waals surface area contributed by atoms with Gasteiger partial charge in [0.15, 0.2) is 5.69 Å². The zero-order chi connectivity index (χ0) is 21.6. The summed E-state index contributed by atoms with van der Waals surface area (Å²) in [5.41, 5.74) is 1.89. The van der Waals surface area contributed by atoms with E-state index >= 15 is 0 Å². The molecule has 31 heavy (non-hydrogen) atoms. The summed E-state index contributed by atoms with van der Waals surface area (Å²) in [6, 6.07) is 16.2. The Hall–Kier alpha value is -3.19. The first kappa shape index (κ1) is 21.1. The maximum atomic E-state index is 13.9. The highest BCUT2D eigenvalue weighted by molar-refractivity contribution is 5.92. The molecule has 162 valence electrons. The monoisotopic (exact) mass is 422 g/mol. The molecule has 2 aromatic carbocycles. The summed E-state index contributed by atoms with van der Waals surface area (Å²) >= 11 is 0. The number of aromatic nitrogens is 2. The van der Waals surface area contributed by atoms with Crippen LogP contribution in [0.4, 0.5) is 4.39 Å². The Morgan fingerprint density at radius 2 is 1.87 bits per heavy atom. The normalized spacial score (nSPS) is 15.0. The van der Waals surface area contributed by atoms with Gasteiger partial charge in [0.1, 0.15) is 17.3 Å². The van der Waals surface area contributed by atoms with Crippen LogP contribution in [0.5, 0.6) is 5.75 Å². The Bertz CT molecular complexity index is 1010.